The molecule has 2 amide bonds. The Bertz CT molecular complexity index is 839. The summed E-state index contributed by atoms with van der Waals surface area (Å²) in [5.74, 6) is -0.956. The number of alkyl halides is 3. The summed E-state index contributed by atoms with van der Waals surface area (Å²) in [7, 11) is 1.55. The Morgan fingerprint density at radius 1 is 1.07 bits per heavy atom. The minimum atomic E-state index is -4.40. The zero-order valence-electron chi connectivity index (χ0n) is 15.8. The van der Waals surface area contributed by atoms with E-state index in [1.165, 1.54) is 41.3 Å². The molecule has 2 aromatic rings. The molecule has 0 saturated carbocycles. The van der Waals surface area contributed by atoms with Crippen molar-refractivity contribution >= 4 is 29.3 Å². The van der Waals surface area contributed by atoms with Gasteiger partial charge in [-0.05, 0) is 48.9 Å². The maximum atomic E-state index is 12.9. The second-order valence-corrected chi connectivity index (χ2v) is 7.73. The molecule has 0 aliphatic rings. The van der Waals surface area contributed by atoms with Crippen molar-refractivity contribution in [1.29, 1.82) is 0 Å². The van der Waals surface area contributed by atoms with Gasteiger partial charge in [0.15, 0.2) is 0 Å². The van der Waals surface area contributed by atoms with Gasteiger partial charge in [-0.3, -0.25) is 9.59 Å². The van der Waals surface area contributed by atoms with Crippen LogP contribution in [0.1, 0.15) is 18.1 Å². The third-order valence-electron chi connectivity index (χ3n) is 4.02. The Balaban J connectivity index is 1.82. The lowest BCUT2D eigenvalue weighted by Crippen LogP contribution is -2.33. The monoisotopic (exact) mass is 428 g/mol. The Kier molecular flexibility index (Phi) is 7.66. The van der Waals surface area contributed by atoms with Crippen LogP contribution >= 0.6 is 11.8 Å². The first-order chi connectivity index (χ1) is 13.6. The summed E-state index contributed by atoms with van der Waals surface area (Å²) in [5.41, 5.74) is 0.279. The maximum Gasteiger partial charge on any atom is 0.416 e. The molecule has 0 radical (unpaired) electrons. The minimum Gasteiger partial charge on any atom is -0.340 e. The van der Waals surface area contributed by atoms with Crippen LogP contribution in [0.4, 0.5) is 23.2 Å². The molecule has 2 aromatic carbocycles. The molecular weight excluding hydrogens is 408 g/mol. The molecule has 29 heavy (non-hydrogen) atoms. The number of nitrogens with one attached hydrogen (secondary N) is 1. The van der Waals surface area contributed by atoms with E-state index >= 15 is 0 Å². The van der Waals surface area contributed by atoms with Crippen LogP contribution in [0, 0.1) is 5.82 Å². The van der Waals surface area contributed by atoms with Crippen LogP contribution in [0.5, 0.6) is 0 Å². The number of rotatable bonds is 7. The summed E-state index contributed by atoms with van der Waals surface area (Å²) in [6, 6.07) is 9.95. The van der Waals surface area contributed by atoms with Gasteiger partial charge in [-0.1, -0.05) is 12.1 Å². The Labute approximate surface area is 170 Å². The number of halogens is 4. The van der Waals surface area contributed by atoms with Gasteiger partial charge in [0.25, 0.3) is 0 Å². The zero-order valence-corrected chi connectivity index (χ0v) is 16.6. The number of benzene rings is 2. The molecule has 0 heterocycles. The number of nitrogens with zero attached hydrogens (tertiary/aromatic N) is 1. The smallest absolute Gasteiger partial charge is 0.340 e. The SMILES string of the molecule is CC(SCC(=O)Nc1ccc(F)cc1)C(=O)N(C)Cc1ccc(C(F)(F)F)cc1. The maximum absolute atomic E-state index is 12.9. The molecule has 1 unspecified atom stereocenters. The fraction of sp³-hybridized carbons (Fsp3) is 0.300. The van der Waals surface area contributed by atoms with E-state index in [1.54, 1.807) is 14.0 Å². The lowest BCUT2D eigenvalue weighted by Gasteiger charge is -2.21. The summed E-state index contributed by atoms with van der Waals surface area (Å²) in [4.78, 5) is 25.8. The highest BCUT2D eigenvalue weighted by Gasteiger charge is 2.30. The molecule has 0 aliphatic heterocycles. The van der Waals surface area contributed by atoms with Gasteiger partial charge in [0.1, 0.15) is 5.82 Å². The van der Waals surface area contributed by atoms with E-state index in [2.05, 4.69) is 5.32 Å². The van der Waals surface area contributed by atoms with Crippen LogP contribution < -0.4 is 5.32 Å². The first kappa shape index (κ1) is 22.7. The second kappa shape index (κ2) is 9.78. The molecule has 1 atom stereocenters. The summed E-state index contributed by atoms with van der Waals surface area (Å²) in [6.45, 7) is 1.81. The molecule has 0 bridgehead atoms. The summed E-state index contributed by atoms with van der Waals surface area (Å²) >= 11 is 1.13. The van der Waals surface area contributed by atoms with Gasteiger partial charge in [-0.2, -0.15) is 13.2 Å². The molecule has 2 rings (SSSR count). The minimum absolute atomic E-state index is 0.0262. The van der Waals surface area contributed by atoms with Crippen molar-refractivity contribution < 1.29 is 27.2 Å². The van der Waals surface area contributed by atoms with Crippen molar-refractivity contribution in [2.45, 2.75) is 24.9 Å². The van der Waals surface area contributed by atoms with Crippen LogP contribution in [0.2, 0.25) is 0 Å². The average molecular weight is 428 g/mol. The quantitative estimate of drug-likeness (QED) is 0.658. The first-order valence-electron chi connectivity index (χ1n) is 8.64. The van der Waals surface area contributed by atoms with Crippen molar-refractivity contribution in [3.63, 3.8) is 0 Å². The molecule has 0 aromatic heterocycles. The average Bonchev–Trinajstić information content (AvgIpc) is 2.67. The molecule has 0 fully saturated rings. The number of hydrogen-bond donors (Lipinski definition) is 1. The Morgan fingerprint density at radius 3 is 2.21 bits per heavy atom. The van der Waals surface area contributed by atoms with Crippen molar-refractivity contribution in [1.82, 2.24) is 4.90 Å². The molecule has 0 saturated heterocycles. The third kappa shape index (κ3) is 7.08. The number of amides is 2. The molecular formula is C20H20F4N2O2S. The molecule has 1 N–H and O–H groups in total. The van der Waals surface area contributed by atoms with Crippen LogP contribution in [0.25, 0.3) is 0 Å². The predicted molar refractivity (Wildman–Crippen MR) is 105 cm³/mol. The lowest BCUT2D eigenvalue weighted by molar-refractivity contribution is -0.137. The van der Waals surface area contributed by atoms with Gasteiger partial charge in [0.05, 0.1) is 16.6 Å². The van der Waals surface area contributed by atoms with Crippen LogP contribution in [-0.2, 0) is 22.3 Å². The molecule has 9 heteroatoms. The summed E-state index contributed by atoms with van der Waals surface area (Å²) in [5, 5.41) is 2.09. The number of thioether (sulfide) groups is 1. The van der Waals surface area contributed by atoms with Gasteiger partial charge < -0.3 is 10.2 Å². The van der Waals surface area contributed by atoms with E-state index < -0.39 is 22.8 Å². The van der Waals surface area contributed by atoms with Gasteiger partial charge in [-0.25, -0.2) is 4.39 Å². The summed E-state index contributed by atoms with van der Waals surface area (Å²) in [6.07, 6.45) is -4.40. The number of carbonyl (C=O) groups is 2. The van der Waals surface area contributed by atoms with Gasteiger partial charge in [0.2, 0.25) is 11.8 Å². The van der Waals surface area contributed by atoms with E-state index in [-0.39, 0.29) is 24.1 Å². The van der Waals surface area contributed by atoms with E-state index in [9.17, 15) is 27.2 Å². The second-order valence-electron chi connectivity index (χ2n) is 6.40. The van der Waals surface area contributed by atoms with Gasteiger partial charge in [-0.15, -0.1) is 11.8 Å². The largest absolute Gasteiger partial charge is 0.416 e. The van der Waals surface area contributed by atoms with Crippen molar-refractivity contribution in [2.24, 2.45) is 0 Å². The fourth-order valence-corrected chi connectivity index (χ4v) is 3.26. The van der Waals surface area contributed by atoms with E-state index in [1.807, 2.05) is 0 Å². The molecule has 0 aliphatic carbocycles. The highest BCUT2D eigenvalue weighted by atomic mass is 32.2. The standard InChI is InChI=1S/C20H20F4N2O2S/c1-13(29-12-18(27)25-17-9-7-16(21)8-10-17)19(28)26(2)11-14-3-5-15(6-4-14)20(22,23)24/h3-10,13H,11-12H2,1-2H3,(H,25,27). The van der Waals surface area contributed by atoms with E-state index in [0.29, 0.717) is 11.3 Å². The van der Waals surface area contributed by atoms with E-state index in [4.69, 9.17) is 0 Å². The Morgan fingerprint density at radius 2 is 1.66 bits per heavy atom. The fourth-order valence-electron chi connectivity index (χ4n) is 2.46. The van der Waals surface area contributed by atoms with Gasteiger partial charge in [0, 0.05) is 19.3 Å². The van der Waals surface area contributed by atoms with Gasteiger partial charge >= 0.3 is 6.18 Å². The van der Waals surface area contributed by atoms with Crippen LogP contribution in [0.15, 0.2) is 48.5 Å². The van der Waals surface area contributed by atoms with Crippen LogP contribution in [0.3, 0.4) is 0 Å². The number of anilines is 1. The highest BCUT2D eigenvalue weighted by Crippen LogP contribution is 2.29. The van der Waals surface area contributed by atoms with Crippen molar-refractivity contribution in [3.05, 3.63) is 65.5 Å². The first-order valence-corrected chi connectivity index (χ1v) is 9.69. The normalized spacial score (nSPS) is 12.3. The zero-order chi connectivity index (χ0) is 21.6. The van der Waals surface area contributed by atoms with E-state index in [0.717, 1.165) is 23.9 Å². The Hall–Kier alpha value is -2.55. The number of hydrogen-bond acceptors (Lipinski definition) is 3. The number of carbonyl (C=O) groups excluding carboxylic acids is 2. The highest BCUT2D eigenvalue weighted by molar-refractivity contribution is 8.01. The molecule has 156 valence electrons. The third-order valence-corrected chi connectivity index (χ3v) is 5.15. The molecule has 0 spiro atoms. The predicted octanol–water partition coefficient (Wildman–Crippen LogP) is 4.56. The van der Waals surface area contributed by atoms with Crippen molar-refractivity contribution in [3.8, 4) is 0 Å². The topological polar surface area (TPSA) is 49.4 Å². The molecule has 4 nitrogen and oxygen atoms in total. The van der Waals surface area contributed by atoms with Crippen molar-refractivity contribution in [2.75, 3.05) is 18.1 Å². The lowest BCUT2D eigenvalue weighted by atomic mass is 10.1. The van der Waals surface area contributed by atoms with Crippen LogP contribution in [-0.4, -0.2) is 34.8 Å². The summed E-state index contributed by atoms with van der Waals surface area (Å²) < 4.78 is 50.7.